The van der Waals surface area contributed by atoms with Gasteiger partial charge in [-0.2, -0.15) is 0 Å². The van der Waals surface area contributed by atoms with Gasteiger partial charge in [0.05, 0.1) is 10.0 Å². The summed E-state index contributed by atoms with van der Waals surface area (Å²) in [4.78, 5) is 38.1. The highest BCUT2D eigenvalue weighted by Crippen LogP contribution is 2.23. The predicted octanol–water partition coefficient (Wildman–Crippen LogP) is 3.72. The van der Waals surface area contributed by atoms with Gasteiger partial charge >= 0.3 is 5.97 Å². The first-order chi connectivity index (χ1) is 13.4. The van der Waals surface area contributed by atoms with Gasteiger partial charge in [-0.25, -0.2) is 19.7 Å². The van der Waals surface area contributed by atoms with Crippen molar-refractivity contribution in [1.82, 2.24) is 19.9 Å². The molecule has 3 rings (SSSR count). The summed E-state index contributed by atoms with van der Waals surface area (Å²) in [7, 11) is 1.60. The van der Waals surface area contributed by atoms with Gasteiger partial charge in [-0.05, 0) is 23.8 Å². The molecule has 0 bridgehead atoms. The van der Waals surface area contributed by atoms with Gasteiger partial charge in [0, 0.05) is 31.4 Å². The predicted molar refractivity (Wildman–Crippen MR) is 106 cm³/mol. The van der Waals surface area contributed by atoms with Crippen molar-refractivity contribution in [2.45, 2.75) is 6.54 Å². The molecule has 2 aromatic heterocycles. The summed E-state index contributed by atoms with van der Waals surface area (Å²) >= 11 is 13.1. The van der Waals surface area contributed by atoms with E-state index in [-0.39, 0.29) is 11.6 Å². The number of thiazole rings is 1. The Balaban J connectivity index is 1.54. The molecule has 1 aromatic carbocycles. The second-order valence-corrected chi connectivity index (χ2v) is 7.36. The molecule has 0 fully saturated rings. The molecule has 0 radical (unpaired) electrons. The van der Waals surface area contributed by atoms with E-state index in [9.17, 15) is 9.59 Å². The number of rotatable bonds is 6. The highest BCUT2D eigenvalue weighted by molar-refractivity contribution is 7.13. The number of likely N-dealkylation sites (N-methyl/N-ethyl adjacent to an activating group) is 1. The normalized spacial score (nSPS) is 10.5. The van der Waals surface area contributed by atoms with Gasteiger partial charge in [0.25, 0.3) is 5.91 Å². The first-order valence-electron chi connectivity index (χ1n) is 8.02. The van der Waals surface area contributed by atoms with Gasteiger partial charge < -0.3 is 9.64 Å². The molecular formula is C18H14Cl2N4O3S. The number of nitrogens with zero attached hydrogens (tertiary/aromatic N) is 4. The Morgan fingerprint density at radius 3 is 2.64 bits per heavy atom. The van der Waals surface area contributed by atoms with Crippen LogP contribution in [0.3, 0.4) is 0 Å². The summed E-state index contributed by atoms with van der Waals surface area (Å²) in [5.74, 6) is -0.625. The maximum absolute atomic E-state index is 12.2. The minimum absolute atomic E-state index is 0.104. The fourth-order valence-corrected chi connectivity index (χ4v) is 3.25. The van der Waals surface area contributed by atoms with E-state index in [1.54, 1.807) is 43.7 Å². The van der Waals surface area contributed by atoms with Crippen molar-refractivity contribution in [3.8, 4) is 10.8 Å². The third-order valence-electron chi connectivity index (χ3n) is 3.63. The zero-order valence-electron chi connectivity index (χ0n) is 14.6. The summed E-state index contributed by atoms with van der Waals surface area (Å²) in [6.07, 6.45) is 3.17. The molecule has 7 nitrogen and oxygen atoms in total. The number of halogens is 2. The van der Waals surface area contributed by atoms with E-state index in [1.807, 2.05) is 0 Å². The highest BCUT2D eigenvalue weighted by Gasteiger charge is 2.17. The number of amides is 1. The number of esters is 1. The molecule has 28 heavy (non-hydrogen) atoms. The van der Waals surface area contributed by atoms with Gasteiger partial charge in [0.1, 0.15) is 0 Å². The number of hydrogen-bond donors (Lipinski definition) is 0. The van der Waals surface area contributed by atoms with E-state index in [0.29, 0.717) is 27.4 Å². The molecule has 0 unspecified atom stereocenters. The maximum Gasteiger partial charge on any atom is 0.358 e. The van der Waals surface area contributed by atoms with Crippen LogP contribution < -0.4 is 0 Å². The Bertz CT molecular complexity index is 998. The van der Waals surface area contributed by atoms with Gasteiger partial charge in [0.2, 0.25) is 0 Å². The Hall–Kier alpha value is -2.55. The molecule has 2 heterocycles. The Morgan fingerprint density at radius 2 is 1.93 bits per heavy atom. The van der Waals surface area contributed by atoms with E-state index in [4.69, 9.17) is 27.9 Å². The molecule has 0 N–H and O–H groups in total. The summed E-state index contributed by atoms with van der Waals surface area (Å²) in [5.41, 5.74) is 0.913. The Morgan fingerprint density at radius 1 is 1.18 bits per heavy atom. The fraction of sp³-hybridized carbons (Fsp3) is 0.167. The minimum Gasteiger partial charge on any atom is -0.451 e. The van der Waals surface area contributed by atoms with Crippen molar-refractivity contribution in [2.24, 2.45) is 0 Å². The summed E-state index contributed by atoms with van der Waals surface area (Å²) in [6.45, 7) is -0.0924. The number of carbonyl (C=O) groups is 2. The van der Waals surface area contributed by atoms with Crippen molar-refractivity contribution in [3.63, 3.8) is 0 Å². The molecule has 1 amide bonds. The monoisotopic (exact) mass is 436 g/mol. The summed E-state index contributed by atoms with van der Waals surface area (Å²) < 4.78 is 5.07. The standard InChI is InChI=1S/C18H14Cl2N4O3S/c1-24(8-11-3-4-12(19)13(20)7-11)15(25)9-27-18(26)14-10-28-17(23-14)16-21-5-2-6-22-16/h2-7,10H,8-9H2,1H3. The van der Waals surface area contributed by atoms with Crippen LogP contribution in [0, 0.1) is 0 Å². The third kappa shape index (κ3) is 5.03. The lowest BCUT2D eigenvalue weighted by molar-refractivity contribution is -0.133. The molecular weight excluding hydrogens is 423 g/mol. The number of ether oxygens (including phenoxy) is 1. The lowest BCUT2D eigenvalue weighted by Gasteiger charge is -2.17. The van der Waals surface area contributed by atoms with Crippen molar-refractivity contribution < 1.29 is 14.3 Å². The highest BCUT2D eigenvalue weighted by atomic mass is 35.5. The van der Waals surface area contributed by atoms with Crippen molar-refractivity contribution >= 4 is 46.4 Å². The smallest absolute Gasteiger partial charge is 0.358 e. The topological polar surface area (TPSA) is 85.3 Å². The molecule has 0 aliphatic rings. The fourth-order valence-electron chi connectivity index (χ4n) is 2.19. The van der Waals surface area contributed by atoms with Crippen LogP contribution >= 0.6 is 34.5 Å². The average Bonchev–Trinajstić information content (AvgIpc) is 3.19. The molecule has 0 atom stereocenters. The zero-order chi connectivity index (χ0) is 20.1. The molecule has 0 saturated carbocycles. The third-order valence-corrected chi connectivity index (χ3v) is 5.20. The quantitative estimate of drug-likeness (QED) is 0.547. The van der Waals surface area contributed by atoms with Gasteiger partial charge in [0.15, 0.2) is 23.1 Å². The molecule has 0 saturated heterocycles. The first kappa shape index (κ1) is 20.2. The number of benzene rings is 1. The van der Waals surface area contributed by atoms with E-state index < -0.39 is 12.6 Å². The Kier molecular flexibility index (Phi) is 6.56. The van der Waals surface area contributed by atoms with Crippen LogP contribution in [0.25, 0.3) is 10.8 Å². The number of carbonyl (C=O) groups excluding carboxylic acids is 2. The van der Waals surface area contributed by atoms with Crippen molar-refractivity contribution in [1.29, 1.82) is 0 Å². The van der Waals surface area contributed by atoms with Crippen molar-refractivity contribution in [2.75, 3.05) is 13.7 Å². The van der Waals surface area contributed by atoms with Crippen LogP contribution in [-0.4, -0.2) is 45.4 Å². The number of aromatic nitrogens is 3. The maximum atomic E-state index is 12.2. The largest absolute Gasteiger partial charge is 0.451 e. The summed E-state index contributed by atoms with van der Waals surface area (Å²) in [5, 5.41) is 2.89. The van der Waals surface area contributed by atoms with Crippen LogP contribution in [0.4, 0.5) is 0 Å². The van der Waals surface area contributed by atoms with Gasteiger partial charge in [-0.3, -0.25) is 4.79 Å². The van der Waals surface area contributed by atoms with Crippen LogP contribution in [0.15, 0.2) is 42.0 Å². The second kappa shape index (κ2) is 9.09. The molecule has 10 heteroatoms. The molecule has 0 spiro atoms. The average molecular weight is 437 g/mol. The first-order valence-corrected chi connectivity index (χ1v) is 9.65. The summed E-state index contributed by atoms with van der Waals surface area (Å²) in [6, 6.07) is 6.80. The minimum atomic E-state index is -0.685. The van der Waals surface area contributed by atoms with Crippen molar-refractivity contribution in [3.05, 3.63) is 63.3 Å². The van der Waals surface area contributed by atoms with Crippen LogP contribution in [-0.2, 0) is 16.1 Å². The molecule has 0 aliphatic heterocycles. The molecule has 3 aromatic rings. The van der Waals surface area contributed by atoms with Crippen LogP contribution in [0.2, 0.25) is 10.0 Å². The van der Waals surface area contributed by atoms with Crippen LogP contribution in [0.5, 0.6) is 0 Å². The van der Waals surface area contributed by atoms with E-state index in [0.717, 1.165) is 5.56 Å². The van der Waals surface area contributed by atoms with Crippen LogP contribution in [0.1, 0.15) is 16.1 Å². The SMILES string of the molecule is CN(Cc1ccc(Cl)c(Cl)c1)C(=O)COC(=O)c1csc(-c2ncccn2)n1. The van der Waals surface area contributed by atoms with E-state index >= 15 is 0 Å². The van der Waals surface area contributed by atoms with E-state index in [1.165, 1.54) is 21.6 Å². The second-order valence-electron chi connectivity index (χ2n) is 5.68. The van der Waals surface area contributed by atoms with Gasteiger partial charge in [-0.15, -0.1) is 11.3 Å². The lowest BCUT2D eigenvalue weighted by Crippen LogP contribution is -2.30. The lowest BCUT2D eigenvalue weighted by atomic mass is 10.2. The Labute approximate surface area is 174 Å². The zero-order valence-corrected chi connectivity index (χ0v) is 17.0. The molecule has 0 aliphatic carbocycles. The van der Waals surface area contributed by atoms with Gasteiger partial charge in [-0.1, -0.05) is 29.3 Å². The van der Waals surface area contributed by atoms with E-state index in [2.05, 4.69) is 15.0 Å². The number of hydrogen-bond acceptors (Lipinski definition) is 7. The molecule has 144 valence electrons.